The molecule has 0 radical (unpaired) electrons. The number of aliphatic hydroxyl groups is 1. The average Bonchev–Trinajstić information content (AvgIpc) is 3.75. The van der Waals surface area contributed by atoms with Crippen LogP contribution in [0.3, 0.4) is 0 Å². The third kappa shape index (κ3) is 9.20. The minimum Gasteiger partial charge on any atom is -0.455 e. The standard InChI is InChI=1S/C42H62FN5O9/c1-10-28-20-25(5)54-38(34(28)50)56-35-24(4)19-23(3)33(49)26(6)36-42(9,32(11-2)55-39(52)41(8,43)37(51)27(35)7)57-40(53)48(36)18-13-12-17-47-22-31(45-46-47)29-15-14-16-30(44)21-29/h14-16,21-28,32,34-36,38,50H,10-13,17-20,44H2,1-9H3/t23-,24?,25?,26+,27?,28?,32-,34?,35+,36?,38?,41+,42-/m1/s1. The number of esters is 1. The van der Waals surface area contributed by atoms with Crippen LogP contribution in [0, 0.1) is 29.6 Å². The maximum Gasteiger partial charge on any atom is 0.410 e. The molecule has 1 aromatic heterocycles. The summed E-state index contributed by atoms with van der Waals surface area (Å²) < 4.78 is 42.7. The van der Waals surface area contributed by atoms with E-state index in [0.29, 0.717) is 43.6 Å². The molecule has 3 N–H and O–H groups in total. The van der Waals surface area contributed by atoms with Gasteiger partial charge in [0, 0.05) is 42.1 Å². The van der Waals surface area contributed by atoms with E-state index in [2.05, 4.69) is 10.3 Å². The van der Waals surface area contributed by atoms with Crippen LogP contribution in [-0.2, 0) is 39.9 Å². The molecule has 316 valence electrons. The van der Waals surface area contributed by atoms with Crippen LogP contribution in [-0.4, -0.2) is 103 Å². The van der Waals surface area contributed by atoms with Gasteiger partial charge in [-0.1, -0.05) is 65.3 Å². The number of rotatable bonds is 10. The van der Waals surface area contributed by atoms with Crippen molar-refractivity contribution in [2.75, 3.05) is 12.3 Å². The number of hydrogen-bond acceptors (Lipinski definition) is 12. The molecule has 15 heteroatoms. The number of nitrogens with zero attached hydrogens (tertiary/aromatic N) is 4. The fourth-order valence-corrected chi connectivity index (χ4v) is 9.29. The number of unbranched alkanes of at least 4 members (excludes halogenated alkanes) is 1. The predicted molar refractivity (Wildman–Crippen MR) is 209 cm³/mol. The molecular weight excluding hydrogens is 737 g/mol. The number of fused-ring (bicyclic) bond motifs is 1. The zero-order valence-electron chi connectivity index (χ0n) is 34.9. The average molecular weight is 800 g/mol. The Bertz CT molecular complexity index is 1760. The van der Waals surface area contributed by atoms with E-state index in [1.54, 1.807) is 45.4 Å². The van der Waals surface area contributed by atoms with Crippen LogP contribution >= 0.6 is 0 Å². The summed E-state index contributed by atoms with van der Waals surface area (Å²) in [6.07, 6.45) is -0.644. The number of carbonyl (C=O) groups is 4. The molecular formula is C42H62FN5O9. The Kier molecular flexibility index (Phi) is 13.9. The van der Waals surface area contributed by atoms with Gasteiger partial charge in [-0.2, -0.15) is 0 Å². The molecule has 3 saturated heterocycles. The van der Waals surface area contributed by atoms with Crippen molar-refractivity contribution < 1.29 is 47.6 Å². The number of alkyl halides is 1. The first kappa shape index (κ1) is 44.2. The lowest BCUT2D eigenvalue weighted by Crippen LogP contribution is -2.59. The number of cyclic esters (lactones) is 1. The van der Waals surface area contributed by atoms with Gasteiger partial charge in [0.2, 0.25) is 0 Å². The molecule has 0 bridgehead atoms. The second-order valence-electron chi connectivity index (χ2n) is 17.0. The number of aryl methyl sites for hydroxylation is 1. The lowest BCUT2D eigenvalue weighted by atomic mass is 9.74. The summed E-state index contributed by atoms with van der Waals surface area (Å²) in [5.41, 5.74) is 3.41. The van der Waals surface area contributed by atoms with E-state index in [1.165, 1.54) is 11.8 Å². The van der Waals surface area contributed by atoms with Crippen molar-refractivity contribution in [3.05, 3.63) is 30.5 Å². The van der Waals surface area contributed by atoms with Crippen LogP contribution in [0.25, 0.3) is 11.3 Å². The zero-order valence-corrected chi connectivity index (χ0v) is 34.9. The van der Waals surface area contributed by atoms with E-state index in [-0.39, 0.29) is 37.2 Å². The van der Waals surface area contributed by atoms with Gasteiger partial charge in [-0.05, 0) is 76.8 Å². The third-order valence-electron chi connectivity index (χ3n) is 12.5. The predicted octanol–water partition coefficient (Wildman–Crippen LogP) is 5.93. The molecule has 1 aromatic carbocycles. The molecule has 0 spiro atoms. The summed E-state index contributed by atoms with van der Waals surface area (Å²) in [6.45, 7) is 15.6. The highest BCUT2D eigenvalue weighted by atomic mass is 19.1. The molecule has 4 heterocycles. The van der Waals surface area contributed by atoms with Gasteiger partial charge >= 0.3 is 12.1 Å². The number of aromatic nitrogens is 3. The quantitative estimate of drug-likeness (QED) is 0.125. The fourth-order valence-electron chi connectivity index (χ4n) is 9.29. The van der Waals surface area contributed by atoms with Crippen molar-refractivity contribution in [3.63, 3.8) is 0 Å². The molecule has 2 aromatic rings. The Morgan fingerprint density at radius 1 is 1.00 bits per heavy atom. The molecule has 0 aliphatic carbocycles. The SMILES string of the molecule is CCC1CC(C)OC(O[C@H]2C(C)C[C@@H](C)C(=O)[C@H](C)C3N(CCCCn4cc(-c5cccc(N)c5)nn4)C(=O)O[C@]3(C)[C@@H](CC)OC(=O)[C@@](C)(F)C(=O)C2C)C1O. The summed E-state index contributed by atoms with van der Waals surface area (Å²) in [6, 6.07) is 6.47. The monoisotopic (exact) mass is 799 g/mol. The molecule has 3 aliphatic heterocycles. The molecule has 1 amide bonds. The normalized spacial score (nSPS) is 37.0. The van der Waals surface area contributed by atoms with Gasteiger partial charge in [0.05, 0.1) is 24.4 Å². The maximum absolute atomic E-state index is 16.7. The van der Waals surface area contributed by atoms with Gasteiger partial charge in [-0.3, -0.25) is 14.3 Å². The molecule has 57 heavy (non-hydrogen) atoms. The van der Waals surface area contributed by atoms with Crippen LogP contribution < -0.4 is 5.73 Å². The topological polar surface area (TPSA) is 185 Å². The minimum atomic E-state index is -3.10. The smallest absolute Gasteiger partial charge is 0.410 e. The summed E-state index contributed by atoms with van der Waals surface area (Å²) in [5, 5.41) is 19.7. The second-order valence-corrected chi connectivity index (χ2v) is 17.0. The minimum absolute atomic E-state index is 0.105. The number of ether oxygens (including phenoxy) is 4. The Morgan fingerprint density at radius 3 is 2.37 bits per heavy atom. The van der Waals surface area contributed by atoms with Crippen LogP contribution in [0.15, 0.2) is 30.5 Å². The van der Waals surface area contributed by atoms with Gasteiger partial charge in [0.1, 0.15) is 23.7 Å². The zero-order chi connectivity index (χ0) is 42.0. The van der Waals surface area contributed by atoms with Crippen LogP contribution in [0.2, 0.25) is 0 Å². The second kappa shape index (κ2) is 17.9. The van der Waals surface area contributed by atoms with Crippen molar-refractivity contribution in [1.82, 2.24) is 19.9 Å². The first-order valence-corrected chi connectivity index (χ1v) is 20.6. The number of carbonyl (C=O) groups excluding carboxylic acids is 4. The molecule has 3 aliphatic rings. The van der Waals surface area contributed by atoms with E-state index < -0.39 is 83.4 Å². The van der Waals surface area contributed by atoms with Gasteiger partial charge in [0.25, 0.3) is 5.67 Å². The van der Waals surface area contributed by atoms with Crippen molar-refractivity contribution in [2.24, 2.45) is 29.6 Å². The number of ketones is 2. The fraction of sp³-hybridized carbons (Fsp3) is 0.714. The first-order valence-electron chi connectivity index (χ1n) is 20.6. The third-order valence-corrected chi connectivity index (χ3v) is 12.5. The molecule has 0 saturated carbocycles. The van der Waals surface area contributed by atoms with Gasteiger partial charge in [0.15, 0.2) is 17.7 Å². The van der Waals surface area contributed by atoms with Crippen LogP contribution in [0.1, 0.15) is 101 Å². The number of nitrogens with two attached hydrogens (primary N) is 1. The molecule has 3 fully saturated rings. The van der Waals surface area contributed by atoms with E-state index in [4.69, 9.17) is 24.7 Å². The van der Waals surface area contributed by atoms with Crippen molar-refractivity contribution >= 4 is 29.3 Å². The van der Waals surface area contributed by atoms with E-state index in [0.717, 1.165) is 12.5 Å². The Morgan fingerprint density at radius 2 is 1.70 bits per heavy atom. The highest BCUT2D eigenvalue weighted by Gasteiger charge is 2.61. The first-order chi connectivity index (χ1) is 26.8. The molecule has 13 atom stereocenters. The van der Waals surface area contributed by atoms with Crippen molar-refractivity contribution in [1.29, 1.82) is 0 Å². The number of nitrogen functional groups attached to an aromatic ring is 1. The number of Topliss-reactive ketones (excluding diaryl/α,β-unsaturated/α-hetero) is 2. The molecule has 14 nitrogen and oxygen atoms in total. The highest BCUT2D eigenvalue weighted by molar-refractivity contribution is 6.07. The number of aliphatic hydroxyl groups excluding tert-OH is 1. The summed E-state index contributed by atoms with van der Waals surface area (Å²) in [7, 11) is 0. The summed E-state index contributed by atoms with van der Waals surface area (Å²) in [4.78, 5) is 57.5. The number of hydrogen-bond donors (Lipinski definition) is 2. The number of halogens is 1. The number of benzene rings is 1. The van der Waals surface area contributed by atoms with E-state index >= 15 is 4.39 Å². The van der Waals surface area contributed by atoms with Gasteiger partial charge < -0.3 is 34.7 Å². The van der Waals surface area contributed by atoms with Gasteiger partial charge in [-0.25, -0.2) is 14.0 Å². The lowest BCUT2D eigenvalue weighted by molar-refractivity contribution is -0.279. The van der Waals surface area contributed by atoms with E-state index in [9.17, 15) is 24.3 Å². The molecule has 5 rings (SSSR count). The van der Waals surface area contributed by atoms with Crippen LogP contribution in [0.4, 0.5) is 14.9 Å². The largest absolute Gasteiger partial charge is 0.455 e. The lowest BCUT2D eigenvalue weighted by Gasteiger charge is -2.43. The van der Waals surface area contributed by atoms with Gasteiger partial charge in [-0.15, -0.1) is 5.10 Å². The number of anilines is 1. The Labute approximate surface area is 335 Å². The highest BCUT2D eigenvalue weighted by Crippen LogP contribution is 2.43. The van der Waals surface area contributed by atoms with E-state index in [1.807, 2.05) is 38.2 Å². The molecule has 7 unspecified atom stereocenters. The van der Waals surface area contributed by atoms with Crippen molar-refractivity contribution in [2.45, 2.75) is 155 Å². The number of amides is 1. The summed E-state index contributed by atoms with van der Waals surface area (Å²) >= 11 is 0. The Hall–Kier alpha value is -3.95. The van der Waals surface area contributed by atoms with Crippen molar-refractivity contribution in [3.8, 4) is 11.3 Å². The maximum atomic E-state index is 16.7. The van der Waals surface area contributed by atoms with Crippen LogP contribution in [0.5, 0.6) is 0 Å². The summed E-state index contributed by atoms with van der Waals surface area (Å²) in [5.74, 6) is -5.85. The Balaban J connectivity index is 1.40.